The number of hydrogen-bond donors (Lipinski definition) is 2. The number of hydrogen-bond acceptors (Lipinski definition) is 8. The average Bonchev–Trinajstić information content (AvgIpc) is 3.70. The molecule has 0 radical (unpaired) electrons. The fourth-order valence-corrected chi connectivity index (χ4v) is 7.49. The molecule has 11 heteroatoms. The van der Waals surface area contributed by atoms with Crippen LogP contribution in [-0.4, -0.2) is 102 Å². The predicted octanol–water partition coefficient (Wildman–Crippen LogP) is 3.33. The standard InChI is InChI=1S/C36H51N3O8/c1-6-8-17-28(41)37-26(23-45-5)31(25-15-11-9-12-16-25)46-35(44)29-27-18-19-36(47-27)30(29)33(42)39(21-13-10-14-22-40)32(36)34(43)38(20-7-2)24(3)4/h6-7,9,11-12,15-16,24,26-27,29-32,40H,1-2,8,10,13-14,17-23H2,3-5H3,(H,37,41)/t26-,27+,29-,30-,31-,32+,36-/m1/s1. The molecule has 3 amide bonds. The summed E-state index contributed by atoms with van der Waals surface area (Å²) in [6.45, 7) is 12.1. The highest BCUT2D eigenvalue weighted by Crippen LogP contribution is 2.59. The Balaban J connectivity index is 1.67. The Kier molecular flexibility index (Phi) is 12.8. The molecular weight excluding hydrogens is 602 g/mol. The zero-order valence-electron chi connectivity index (χ0n) is 28.0. The molecule has 3 fully saturated rings. The number of carbonyl (C=O) groups is 4. The van der Waals surface area contributed by atoms with Gasteiger partial charge in [0.05, 0.1) is 30.6 Å². The zero-order valence-corrected chi connectivity index (χ0v) is 28.0. The Labute approximate surface area is 278 Å². The second kappa shape index (κ2) is 16.5. The van der Waals surface area contributed by atoms with Crippen molar-refractivity contribution in [3.8, 4) is 0 Å². The van der Waals surface area contributed by atoms with E-state index in [2.05, 4.69) is 18.5 Å². The molecule has 3 heterocycles. The summed E-state index contributed by atoms with van der Waals surface area (Å²) >= 11 is 0. The van der Waals surface area contributed by atoms with Gasteiger partial charge in [-0.2, -0.15) is 0 Å². The molecule has 2 bridgehead atoms. The minimum absolute atomic E-state index is 0.0450. The number of fused-ring (bicyclic) bond motifs is 1. The Morgan fingerprint density at radius 2 is 1.91 bits per heavy atom. The summed E-state index contributed by atoms with van der Waals surface area (Å²) in [5.41, 5.74) is -0.500. The summed E-state index contributed by atoms with van der Waals surface area (Å²) in [7, 11) is 1.51. The molecule has 1 spiro atoms. The molecule has 0 saturated carbocycles. The number of methoxy groups -OCH3 is 1. The van der Waals surface area contributed by atoms with E-state index in [1.54, 1.807) is 22.0 Å². The Bertz CT molecular complexity index is 1270. The lowest BCUT2D eigenvalue weighted by molar-refractivity contribution is -0.163. The minimum atomic E-state index is -1.17. The van der Waals surface area contributed by atoms with Crippen molar-refractivity contribution in [3.63, 3.8) is 0 Å². The van der Waals surface area contributed by atoms with E-state index in [1.165, 1.54) is 7.11 Å². The van der Waals surface area contributed by atoms with Crippen molar-refractivity contribution >= 4 is 23.7 Å². The smallest absolute Gasteiger partial charge is 0.313 e. The summed E-state index contributed by atoms with van der Waals surface area (Å²) in [6.07, 6.45) is 5.39. The number of nitrogens with zero attached hydrogens (tertiary/aromatic N) is 2. The maximum atomic E-state index is 14.4. The normalized spacial score (nSPS) is 25.7. The lowest BCUT2D eigenvalue weighted by Gasteiger charge is -2.38. The van der Waals surface area contributed by atoms with Gasteiger partial charge in [0.25, 0.3) is 0 Å². The number of benzene rings is 1. The monoisotopic (exact) mass is 653 g/mol. The highest BCUT2D eigenvalue weighted by Gasteiger charge is 2.75. The van der Waals surface area contributed by atoms with Crippen LogP contribution in [0.4, 0.5) is 0 Å². The van der Waals surface area contributed by atoms with Crippen LogP contribution in [0.3, 0.4) is 0 Å². The van der Waals surface area contributed by atoms with Gasteiger partial charge >= 0.3 is 5.97 Å². The largest absolute Gasteiger partial charge is 0.455 e. The highest BCUT2D eigenvalue weighted by atomic mass is 16.6. The van der Waals surface area contributed by atoms with Crippen molar-refractivity contribution in [2.45, 2.75) is 94.7 Å². The Morgan fingerprint density at radius 3 is 2.55 bits per heavy atom. The molecular formula is C36H51N3O8. The van der Waals surface area contributed by atoms with Gasteiger partial charge in [-0.1, -0.05) is 42.5 Å². The van der Waals surface area contributed by atoms with E-state index in [4.69, 9.17) is 14.2 Å². The van der Waals surface area contributed by atoms with Gasteiger partial charge in [0.1, 0.15) is 17.7 Å². The van der Waals surface area contributed by atoms with Gasteiger partial charge in [0.2, 0.25) is 17.7 Å². The molecule has 1 aromatic rings. The number of aliphatic hydroxyl groups excluding tert-OH is 1. The number of likely N-dealkylation sites (tertiary alicyclic amines) is 1. The molecule has 3 aliphatic rings. The number of rotatable bonds is 19. The molecule has 11 nitrogen and oxygen atoms in total. The number of esters is 1. The number of unbranched alkanes of at least 4 members (excludes halogenated alkanes) is 2. The van der Waals surface area contributed by atoms with Gasteiger partial charge in [-0.05, 0) is 57.9 Å². The van der Waals surface area contributed by atoms with Crippen LogP contribution in [-0.2, 0) is 33.4 Å². The molecule has 47 heavy (non-hydrogen) atoms. The third kappa shape index (κ3) is 7.63. The number of amides is 3. The van der Waals surface area contributed by atoms with Gasteiger partial charge in [-0.25, -0.2) is 0 Å². The molecule has 2 N–H and O–H groups in total. The Hall–Kier alpha value is -3.54. The van der Waals surface area contributed by atoms with Crippen molar-refractivity contribution in [2.75, 3.05) is 33.4 Å². The maximum Gasteiger partial charge on any atom is 0.313 e. The van der Waals surface area contributed by atoms with Crippen molar-refractivity contribution in [3.05, 3.63) is 61.2 Å². The zero-order chi connectivity index (χ0) is 34.1. The van der Waals surface area contributed by atoms with Crippen LogP contribution in [0.5, 0.6) is 0 Å². The summed E-state index contributed by atoms with van der Waals surface area (Å²) in [5, 5.41) is 12.3. The molecule has 3 aliphatic heterocycles. The van der Waals surface area contributed by atoms with Gasteiger partial charge in [-0.15, -0.1) is 13.2 Å². The van der Waals surface area contributed by atoms with Crippen LogP contribution >= 0.6 is 0 Å². The first kappa shape index (κ1) is 36.3. The number of nitrogens with one attached hydrogen (secondary N) is 1. The van der Waals surface area contributed by atoms with Crippen LogP contribution in [0.25, 0.3) is 0 Å². The van der Waals surface area contributed by atoms with E-state index < -0.39 is 47.7 Å². The van der Waals surface area contributed by atoms with Crippen LogP contribution in [0.1, 0.15) is 70.5 Å². The fraction of sp³-hybridized carbons (Fsp3) is 0.611. The van der Waals surface area contributed by atoms with Crippen molar-refractivity contribution in [1.82, 2.24) is 15.1 Å². The van der Waals surface area contributed by atoms with Crippen LogP contribution in [0.15, 0.2) is 55.6 Å². The first-order chi connectivity index (χ1) is 22.6. The minimum Gasteiger partial charge on any atom is -0.455 e. The fourth-order valence-electron chi connectivity index (χ4n) is 7.49. The maximum absolute atomic E-state index is 14.4. The molecule has 258 valence electrons. The molecule has 0 aromatic heterocycles. The number of allylic oxidation sites excluding steroid dienone is 1. The number of carbonyl (C=O) groups excluding carboxylic acids is 4. The summed E-state index contributed by atoms with van der Waals surface area (Å²) in [5.74, 6) is -3.17. The van der Waals surface area contributed by atoms with E-state index in [-0.39, 0.29) is 43.4 Å². The molecule has 1 aromatic carbocycles. The molecule has 3 saturated heterocycles. The van der Waals surface area contributed by atoms with Gasteiger partial charge in [0, 0.05) is 39.3 Å². The van der Waals surface area contributed by atoms with E-state index in [0.717, 1.165) is 0 Å². The molecule has 7 atom stereocenters. The summed E-state index contributed by atoms with van der Waals surface area (Å²) < 4.78 is 18.3. The molecule has 0 aliphatic carbocycles. The van der Waals surface area contributed by atoms with Crippen LogP contribution in [0, 0.1) is 11.8 Å². The van der Waals surface area contributed by atoms with Gasteiger partial charge < -0.3 is 34.4 Å². The first-order valence-electron chi connectivity index (χ1n) is 16.8. The third-order valence-corrected chi connectivity index (χ3v) is 9.60. The van der Waals surface area contributed by atoms with E-state index >= 15 is 0 Å². The Morgan fingerprint density at radius 1 is 1.17 bits per heavy atom. The average molecular weight is 654 g/mol. The summed E-state index contributed by atoms with van der Waals surface area (Å²) in [6, 6.07) is 7.39. The van der Waals surface area contributed by atoms with E-state index in [9.17, 15) is 24.3 Å². The lowest BCUT2D eigenvalue weighted by Crippen LogP contribution is -2.57. The molecule has 0 unspecified atom stereocenters. The SMILES string of the molecule is C=CCCC(=O)N[C@H](COC)[C@H](OC(=O)[C@@H]1[C@@H]2CC[C@]3(O2)[C@H](C(=O)N(CC=C)C(C)C)N(CCCCCO)C(=O)[C@@H]13)c1ccccc1. The predicted molar refractivity (Wildman–Crippen MR) is 176 cm³/mol. The van der Waals surface area contributed by atoms with Crippen molar-refractivity contribution < 1.29 is 38.5 Å². The quantitative estimate of drug-likeness (QED) is 0.132. The summed E-state index contributed by atoms with van der Waals surface area (Å²) in [4.78, 5) is 59.1. The van der Waals surface area contributed by atoms with Crippen LogP contribution in [0.2, 0.25) is 0 Å². The third-order valence-electron chi connectivity index (χ3n) is 9.60. The topological polar surface area (TPSA) is 135 Å². The van der Waals surface area contributed by atoms with Crippen molar-refractivity contribution in [2.24, 2.45) is 11.8 Å². The highest BCUT2D eigenvalue weighted by molar-refractivity contribution is 5.98. The lowest BCUT2D eigenvalue weighted by atomic mass is 9.70. The van der Waals surface area contributed by atoms with Crippen LogP contribution < -0.4 is 5.32 Å². The van der Waals surface area contributed by atoms with Gasteiger partial charge in [0.15, 0.2) is 0 Å². The second-order valence-corrected chi connectivity index (χ2v) is 13.0. The number of aliphatic hydroxyl groups is 1. The van der Waals surface area contributed by atoms with E-state index in [0.29, 0.717) is 57.2 Å². The van der Waals surface area contributed by atoms with Gasteiger partial charge in [-0.3, -0.25) is 19.2 Å². The number of ether oxygens (including phenoxy) is 3. The van der Waals surface area contributed by atoms with E-state index in [1.807, 2.05) is 44.2 Å². The van der Waals surface area contributed by atoms with Crippen molar-refractivity contribution in [1.29, 1.82) is 0 Å². The molecule has 4 rings (SSSR count). The second-order valence-electron chi connectivity index (χ2n) is 13.0. The first-order valence-corrected chi connectivity index (χ1v) is 16.8.